The lowest BCUT2D eigenvalue weighted by molar-refractivity contribution is 0.318. The maximum absolute atomic E-state index is 8.69. The highest BCUT2D eigenvalue weighted by atomic mass is 16.4. The summed E-state index contributed by atoms with van der Waals surface area (Å²) in [6, 6.07) is 6.29. The van der Waals surface area contributed by atoms with Gasteiger partial charge in [0.2, 0.25) is 0 Å². The highest BCUT2D eigenvalue weighted by Gasteiger charge is 2.17. The van der Waals surface area contributed by atoms with Gasteiger partial charge in [0.05, 0.1) is 5.71 Å². The lowest BCUT2D eigenvalue weighted by atomic mass is 10.1. The van der Waals surface area contributed by atoms with Gasteiger partial charge in [0.1, 0.15) is 0 Å². The smallest absolute Gasteiger partial charge is 0.0873 e. The van der Waals surface area contributed by atoms with Gasteiger partial charge in [0.15, 0.2) is 0 Å². The van der Waals surface area contributed by atoms with Gasteiger partial charge in [-0.2, -0.15) is 0 Å². The second-order valence-corrected chi connectivity index (χ2v) is 3.21. The first-order valence-electron chi connectivity index (χ1n) is 4.12. The van der Waals surface area contributed by atoms with E-state index in [0.29, 0.717) is 0 Å². The summed E-state index contributed by atoms with van der Waals surface area (Å²) in [7, 11) is 0. The number of hydrogen-bond donors (Lipinski definition) is 1. The molecule has 0 aliphatic heterocycles. The fourth-order valence-electron chi connectivity index (χ4n) is 1.67. The molecule has 0 heterocycles. The summed E-state index contributed by atoms with van der Waals surface area (Å²) in [4.78, 5) is 0. The van der Waals surface area contributed by atoms with Gasteiger partial charge in [0.25, 0.3) is 0 Å². The Kier molecular flexibility index (Phi) is 1.61. The quantitative estimate of drug-likeness (QED) is 0.458. The molecule has 0 amide bonds. The molecule has 0 saturated heterocycles. The van der Waals surface area contributed by atoms with Crippen LogP contribution in [-0.4, -0.2) is 10.9 Å². The summed E-state index contributed by atoms with van der Waals surface area (Å²) in [5.74, 6) is 0. The van der Waals surface area contributed by atoms with Gasteiger partial charge < -0.3 is 5.21 Å². The molecule has 0 fully saturated rings. The molecular formula is C10H11NO. The first-order chi connectivity index (χ1) is 5.81. The molecule has 0 unspecified atom stereocenters. The molecular weight excluding hydrogens is 150 g/mol. The van der Waals surface area contributed by atoms with E-state index in [-0.39, 0.29) is 0 Å². The Morgan fingerprint density at radius 3 is 2.92 bits per heavy atom. The molecule has 1 aliphatic rings. The molecule has 1 N–H and O–H groups in total. The van der Waals surface area contributed by atoms with Gasteiger partial charge in [0, 0.05) is 5.56 Å². The van der Waals surface area contributed by atoms with Crippen LogP contribution in [0.3, 0.4) is 0 Å². The molecule has 2 rings (SSSR count). The number of fused-ring (bicyclic) bond motifs is 1. The van der Waals surface area contributed by atoms with E-state index >= 15 is 0 Å². The van der Waals surface area contributed by atoms with Crippen molar-refractivity contribution < 1.29 is 5.21 Å². The average molecular weight is 161 g/mol. The molecule has 0 spiro atoms. The number of rotatable bonds is 0. The van der Waals surface area contributed by atoms with Crippen LogP contribution in [0.25, 0.3) is 0 Å². The van der Waals surface area contributed by atoms with Crippen molar-refractivity contribution in [3.63, 3.8) is 0 Å². The topological polar surface area (TPSA) is 32.6 Å². The monoisotopic (exact) mass is 161 g/mol. The molecule has 0 radical (unpaired) electrons. The Hall–Kier alpha value is -1.31. The van der Waals surface area contributed by atoms with Crippen LogP contribution in [0.1, 0.15) is 23.1 Å². The van der Waals surface area contributed by atoms with E-state index in [1.807, 2.05) is 6.92 Å². The van der Waals surface area contributed by atoms with Crippen LogP contribution in [-0.2, 0) is 6.42 Å². The summed E-state index contributed by atoms with van der Waals surface area (Å²) in [5.41, 5.74) is 4.47. The third-order valence-corrected chi connectivity index (χ3v) is 2.33. The van der Waals surface area contributed by atoms with Gasteiger partial charge in [-0.15, -0.1) is 0 Å². The predicted octanol–water partition coefficient (Wildman–Crippen LogP) is 2.12. The standard InChI is InChI=1S/C10H11NO/c1-7-2-3-8-4-5-10(11-12)9(8)6-7/h2-3,6,12H,4-5H2,1H3/b11-10+. The van der Waals surface area contributed by atoms with Gasteiger partial charge in [-0.3, -0.25) is 0 Å². The Morgan fingerprint density at radius 2 is 2.17 bits per heavy atom. The van der Waals surface area contributed by atoms with Crippen LogP contribution in [0.2, 0.25) is 0 Å². The van der Waals surface area contributed by atoms with Crippen molar-refractivity contribution >= 4 is 5.71 Å². The van der Waals surface area contributed by atoms with Crippen molar-refractivity contribution in [3.8, 4) is 0 Å². The van der Waals surface area contributed by atoms with E-state index < -0.39 is 0 Å². The molecule has 0 bridgehead atoms. The fraction of sp³-hybridized carbons (Fsp3) is 0.300. The Balaban J connectivity index is 2.57. The van der Waals surface area contributed by atoms with Gasteiger partial charge in [-0.25, -0.2) is 0 Å². The van der Waals surface area contributed by atoms with E-state index in [1.54, 1.807) is 0 Å². The number of aryl methyl sites for hydroxylation is 2. The lowest BCUT2D eigenvalue weighted by Gasteiger charge is -1.99. The zero-order valence-corrected chi connectivity index (χ0v) is 7.04. The van der Waals surface area contributed by atoms with Crippen molar-refractivity contribution in [2.75, 3.05) is 0 Å². The highest BCUT2D eigenvalue weighted by Crippen LogP contribution is 2.23. The minimum atomic E-state index is 0.828. The van der Waals surface area contributed by atoms with Crippen LogP contribution in [0, 0.1) is 6.92 Å². The summed E-state index contributed by atoms with van der Waals surface area (Å²) in [6.45, 7) is 2.05. The SMILES string of the molecule is Cc1ccc2c(c1)/C(=N/O)CC2. The molecule has 0 atom stereocenters. The van der Waals surface area contributed by atoms with E-state index in [4.69, 9.17) is 5.21 Å². The molecule has 0 saturated carbocycles. The van der Waals surface area contributed by atoms with E-state index in [1.165, 1.54) is 11.1 Å². The van der Waals surface area contributed by atoms with Crippen molar-refractivity contribution in [1.29, 1.82) is 0 Å². The molecule has 12 heavy (non-hydrogen) atoms. The Labute approximate surface area is 71.5 Å². The molecule has 2 nitrogen and oxygen atoms in total. The maximum atomic E-state index is 8.69. The van der Waals surface area contributed by atoms with Crippen LogP contribution in [0.4, 0.5) is 0 Å². The van der Waals surface area contributed by atoms with Crippen molar-refractivity contribution in [1.82, 2.24) is 0 Å². The summed E-state index contributed by atoms with van der Waals surface area (Å²) >= 11 is 0. The Bertz CT molecular complexity index is 342. The average Bonchev–Trinajstić information content (AvgIpc) is 2.46. The molecule has 1 aromatic rings. The van der Waals surface area contributed by atoms with Crippen LogP contribution in [0.5, 0.6) is 0 Å². The van der Waals surface area contributed by atoms with Crippen molar-refractivity contribution in [3.05, 3.63) is 34.9 Å². The van der Waals surface area contributed by atoms with Crippen LogP contribution >= 0.6 is 0 Å². The highest BCUT2D eigenvalue weighted by molar-refractivity contribution is 6.04. The zero-order chi connectivity index (χ0) is 8.55. The van der Waals surface area contributed by atoms with Crippen LogP contribution in [0.15, 0.2) is 23.4 Å². The predicted molar refractivity (Wildman–Crippen MR) is 47.8 cm³/mol. The van der Waals surface area contributed by atoms with E-state index in [9.17, 15) is 0 Å². The van der Waals surface area contributed by atoms with Gasteiger partial charge >= 0.3 is 0 Å². The van der Waals surface area contributed by atoms with Crippen molar-refractivity contribution in [2.24, 2.45) is 5.16 Å². The van der Waals surface area contributed by atoms with Crippen molar-refractivity contribution in [2.45, 2.75) is 19.8 Å². The summed E-state index contributed by atoms with van der Waals surface area (Å²) < 4.78 is 0. The summed E-state index contributed by atoms with van der Waals surface area (Å²) in [5, 5.41) is 12.0. The molecule has 1 aromatic carbocycles. The van der Waals surface area contributed by atoms with Crippen LogP contribution < -0.4 is 0 Å². The third-order valence-electron chi connectivity index (χ3n) is 2.33. The van der Waals surface area contributed by atoms with E-state index in [0.717, 1.165) is 24.1 Å². The minimum absolute atomic E-state index is 0.828. The second kappa shape index (κ2) is 2.63. The van der Waals surface area contributed by atoms with E-state index in [2.05, 4.69) is 23.4 Å². The molecule has 1 aliphatic carbocycles. The molecule has 62 valence electrons. The zero-order valence-electron chi connectivity index (χ0n) is 7.04. The number of benzene rings is 1. The maximum Gasteiger partial charge on any atom is 0.0873 e. The number of oxime groups is 1. The first kappa shape index (κ1) is 7.35. The molecule has 0 aromatic heterocycles. The van der Waals surface area contributed by atoms with Gasteiger partial charge in [-0.1, -0.05) is 22.9 Å². The second-order valence-electron chi connectivity index (χ2n) is 3.21. The normalized spacial score (nSPS) is 18.2. The number of nitrogens with zero attached hydrogens (tertiary/aromatic N) is 1. The third kappa shape index (κ3) is 0.998. The first-order valence-corrected chi connectivity index (χ1v) is 4.12. The van der Waals surface area contributed by atoms with Gasteiger partial charge in [-0.05, 0) is 31.4 Å². The largest absolute Gasteiger partial charge is 0.411 e. The number of hydrogen-bond acceptors (Lipinski definition) is 2. The molecule has 2 heteroatoms. The fourth-order valence-corrected chi connectivity index (χ4v) is 1.67. The Morgan fingerprint density at radius 1 is 1.33 bits per heavy atom. The minimum Gasteiger partial charge on any atom is -0.411 e. The summed E-state index contributed by atoms with van der Waals surface area (Å²) in [6.07, 6.45) is 1.88. The lowest BCUT2D eigenvalue weighted by Crippen LogP contribution is -1.93.